The molecule has 2 aromatic carbocycles. The number of rotatable bonds is 8. The molecule has 0 saturated carbocycles. The number of amides is 1. The Balaban J connectivity index is 1.96. The zero-order valence-corrected chi connectivity index (χ0v) is 16.1. The van der Waals surface area contributed by atoms with Gasteiger partial charge < -0.3 is 14.8 Å². The van der Waals surface area contributed by atoms with Gasteiger partial charge in [0.2, 0.25) is 0 Å². The third kappa shape index (κ3) is 5.68. The van der Waals surface area contributed by atoms with Crippen molar-refractivity contribution in [3.63, 3.8) is 0 Å². The van der Waals surface area contributed by atoms with Gasteiger partial charge in [0, 0.05) is 11.1 Å². The third-order valence-electron chi connectivity index (χ3n) is 3.75. The fourth-order valence-electron chi connectivity index (χ4n) is 2.42. The molecule has 0 aliphatic rings. The van der Waals surface area contributed by atoms with Crippen molar-refractivity contribution >= 4 is 29.2 Å². The van der Waals surface area contributed by atoms with Crippen LogP contribution in [0.25, 0.3) is 0 Å². The summed E-state index contributed by atoms with van der Waals surface area (Å²) in [5, 5.41) is 14.3. The fraction of sp³-hybridized carbons (Fsp3) is 0.263. The summed E-state index contributed by atoms with van der Waals surface area (Å²) in [4.78, 5) is 34.6. The molecule has 2 rings (SSSR count). The number of hydrogen-bond acceptors (Lipinski definition) is 6. The van der Waals surface area contributed by atoms with E-state index in [2.05, 4.69) is 5.32 Å². The Morgan fingerprint density at radius 3 is 2.64 bits per heavy atom. The summed E-state index contributed by atoms with van der Waals surface area (Å²) >= 11 is 5.92. The molecular formula is C19H19ClN2O6. The van der Waals surface area contributed by atoms with E-state index in [0.717, 1.165) is 11.6 Å². The third-order valence-corrected chi connectivity index (χ3v) is 3.99. The summed E-state index contributed by atoms with van der Waals surface area (Å²) in [7, 11) is 0. The first-order valence-electron chi connectivity index (χ1n) is 8.45. The second-order valence-corrected chi connectivity index (χ2v) is 6.23. The predicted molar refractivity (Wildman–Crippen MR) is 103 cm³/mol. The van der Waals surface area contributed by atoms with E-state index in [1.54, 1.807) is 32.0 Å². The zero-order valence-electron chi connectivity index (χ0n) is 15.3. The standard InChI is InChI=1S/C19H19ClN2O6/c1-3-27-17-8-7-14(10-16(17)22(25)26)19(24)28-11-18(23)21-12(2)13-5-4-6-15(20)9-13/h4-10,12H,3,11H2,1-2H3,(H,21,23)/t12-/m1/s1. The fourth-order valence-corrected chi connectivity index (χ4v) is 2.62. The van der Waals surface area contributed by atoms with E-state index >= 15 is 0 Å². The minimum atomic E-state index is -0.850. The van der Waals surface area contributed by atoms with Crippen LogP contribution in [0.2, 0.25) is 5.02 Å². The minimum Gasteiger partial charge on any atom is -0.487 e. The van der Waals surface area contributed by atoms with Crippen molar-refractivity contribution in [3.05, 3.63) is 68.7 Å². The second kappa shape index (κ2) is 9.70. The lowest BCUT2D eigenvalue weighted by Gasteiger charge is -2.14. The lowest BCUT2D eigenvalue weighted by Crippen LogP contribution is -2.31. The lowest BCUT2D eigenvalue weighted by molar-refractivity contribution is -0.385. The van der Waals surface area contributed by atoms with Crippen LogP contribution in [0.5, 0.6) is 5.75 Å². The summed E-state index contributed by atoms with van der Waals surface area (Å²) in [6.07, 6.45) is 0. The van der Waals surface area contributed by atoms with Crippen LogP contribution in [0.1, 0.15) is 35.8 Å². The highest BCUT2D eigenvalue weighted by atomic mass is 35.5. The molecule has 0 bridgehead atoms. The topological polar surface area (TPSA) is 108 Å². The Kier molecular flexibility index (Phi) is 7.34. The van der Waals surface area contributed by atoms with Crippen LogP contribution in [0, 0.1) is 10.1 Å². The highest BCUT2D eigenvalue weighted by Gasteiger charge is 2.20. The Labute approximate surface area is 166 Å². The number of ether oxygens (including phenoxy) is 2. The minimum absolute atomic E-state index is 0.0501. The average molecular weight is 407 g/mol. The van der Waals surface area contributed by atoms with Gasteiger partial charge in [0.15, 0.2) is 12.4 Å². The molecule has 2 aromatic rings. The van der Waals surface area contributed by atoms with Crippen LogP contribution in [-0.2, 0) is 9.53 Å². The van der Waals surface area contributed by atoms with Crippen molar-refractivity contribution in [2.75, 3.05) is 13.2 Å². The van der Waals surface area contributed by atoms with Crippen molar-refractivity contribution in [2.24, 2.45) is 0 Å². The van der Waals surface area contributed by atoms with Gasteiger partial charge in [-0.3, -0.25) is 14.9 Å². The van der Waals surface area contributed by atoms with Crippen LogP contribution < -0.4 is 10.1 Å². The summed E-state index contributed by atoms with van der Waals surface area (Å²) in [5.74, 6) is -1.31. The molecule has 9 heteroatoms. The summed E-state index contributed by atoms with van der Waals surface area (Å²) < 4.78 is 10.1. The maximum atomic E-state index is 12.1. The molecule has 148 valence electrons. The lowest BCUT2D eigenvalue weighted by atomic mass is 10.1. The molecular weight excluding hydrogens is 388 g/mol. The normalized spacial score (nSPS) is 11.4. The van der Waals surface area contributed by atoms with E-state index in [-0.39, 0.29) is 29.6 Å². The molecule has 0 fully saturated rings. The molecule has 0 aromatic heterocycles. The van der Waals surface area contributed by atoms with Gasteiger partial charge in [0.25, 0.3) is 5.91 Å². The van der Waals surface area contributed by atoms with Crippen molar-refractivity contribution in [2.45, 2.75) is 19.9 Å². The number of nitrogens with one attached hydrogen (secondary N) is 1. The van der Waals surface area contributed by atoms with Gasteiger partial charge in [-0.1, -0.05) is 23.7 Å². The maximum absolute atomic E-state index is 12.1. The van der Waals surface area contributed by atoms with Crippen molar-refractivity contribution < 1.29 is 24.0 Å². The number of nitro groups is 1. The Bertz CT molecular complexity index is 886. The molecule has 1 atom stereocenters. The molecule has 0 radical (unpaired) electrons. The van der Waals surface area contributed by atoms with E-state index in [9.17, 15) is 19.7 Å². The van der Waals surface area contributed by atoms with Crippen LogP contribution in [0.4, 0.5) is 5.69 Å². The predicted octanol–water partition coefficient (Wildman–Crippen LogP) is 3.68. The molecule has 1 N–H and O–H groups in total. The SMILES string of the molecule is CCOc1ccc(C(=O)OCC(=O)N[C@H](C)c2cccc(Cl)c2)cc1[N+](=O)[O-]. The highest BCUT2D eigenvalue weighted by molar-refractivity contribution is 6.30. The van der Waals surface area contributed by atoms with Crippen LogP contribution in [0.15, 0.2) is 42.5 Å². The van der Waals surface area contributed by atoms with Crippen LogP contribution in [0.3, 0.4) is 0 Å². The highest BCUT2D eigenvalue weighted by Crippen LogP contribution is 2.28. The van der Waals surface area contributed by atoms with Gasteiger partial charge in [-0.25, -0.2) is 4.79 Å². The molecule has 8 nitrogen and oxygen atoms in total. The Morgan fingerprint density at radius 1 is 1.25 bits per heavy atom. The largest absolute Gasteiger partial charge is 0.487 e. The number of nitrogens with zero attached hydrogens (tertiary/aromatic N) is 1. The van der Waals surface area contributed by atoms with E-state index in [1.807, 2.05) is 6.07 Å². The number of halogens is 1. The first-order valence-corrected chi connectivity index (χ1v) is 8.82. The van der Waals surface area contributed by atoms with Crippen molar-refractivity contribution in [1.29, 1.82) is 0 Å². The van der Waals surface area contributed by atoms with E-state index in [0.29, 0.717) is 5.02 Å². The van der Waals surface area contributed by atoms with Gasteiger partial charge in [0.1, 0.15) is 0 Å². The maximum Gasteiger partial charge on any atom is 0.338 e. The van der Waals surface area contributed by atoms with E-state index in [1.165, 1.54) is 12.1 Å². The number of nitro benzene ring substituents is 1. The van der Waals surface area contributed by atoms with Crippen molar-refractivity contribution in [3.8, 4) is 5.75 Å². The van der Waals surface area contributed by atoms with Crippen molar-refractivity contribution in [1.82, 2.24) is 5.32 Å². The number of benzene rings is 2. The number of hydrogen-bond donors (Lipinski definition) is 1. The Morgan fingerprint density at radius 2 is 2.00 bits per heavy atom. The van der Waals surface area contributed by atoms with Gasteiger partial charge in [0.05, 0.1) is 23.1 Å². The molecule has 1 amide bonds. The number of carbonyl (C=O) groups is 2. The zero-order chi connectivity index (χ0) is 20.7. The van der Waals surface area contributed by atoms with Crippen LogP contribution in [-0.4, -0.2) is 30.0 Å². The van der Waals surface area contributed by atoms with Gasteiger partial charge in [-0.15, -0.1) is 0 Å². The molecule has 0 aliphatic heterocycles. The number of carbonyl (C=O) groups excluding carboxylic acids is 2. The first kappa shape index (κ1) is 21.2. The average Bonchev–Trinajstić information content (AvgIpc) is 2.66. The molecule has 0 spiro atoms. The van der Waals surface area contributed by atoms with Gasteiger partial charge in [-0.2, -0.15) is 0 Å². The van der Waals surface area contributed by atoms with Gasteiger partial charge in [-0.05, 0) is 43.7 Å². The van der Waals surface area contributed by atoms with Gasteiger partial charge >= 0.3 is 11.7 Å². The van der Waals surface area contributed by atoms with E-state index in [4.69, 9.17) is 21.1 Å². The summed E-state index contributed by atoms with van der Waals surface area (Å²) in [5.41, 5.74) is 0.399. The molecule has 0 unspecified atom stereocenters. The quantitative estimate of drug-likeness (QED) is 0.407. The monoisotopic (exact) mass is 406 g/mol. The summed E-state index contributed by atoms with van der Waals surface area (Å²) in [6, 6.07) is 10.4. The first-order chi connectivity index (χ1) is 13.3. The molecule has 0 saturated heterocycles. The molecule has 28 heavy (non-hydrogen) atoms. The Hall–Kier alpha value is -3.13. The van der Waals surface area contributed by atoms with E-state index < -0.39 is 23.4 Å². The smallest absolute Gasteiger partial charge is 0.338 e. The summed E-state index contributed by atoms with van der Waals surface area (Å²) in [6.45, 7) is 3.18. The molecule has 0 aliphatic carbocycles. The number of esters is 1. The second-order valence-electron chi connectivity index (χ2n) is 5.79. The molecule has 0 heterocycles. The van der Waals surface area contributed by atoms with Crippen LogP contribution >= 0.6 is 11.6 Å².